The van der Waals surface area contributed by atoms with E-state index in [1.54, 1.807) is 31.4 Å². The first-order valence-corrected chi connectivity index (χ1v) is 8.70. The van der Waals surface area contributed by atoms with E-state index in [2.05, 4.69) is 4.72 Å². The molecule has 2 saturated carbocycles. The van der Waals surface area contributed by atoms with Crippen molar-refractivity contribution in [1.29, 1.82) is 0 Å². The van der Waals surface area contributed by atoms with Crippen LogP contribution < -0.4 is 9.46 Å². The Bertz CT molecular complexity index is 567. The zero-order chi connectivity index (χ0) is 14.2. The number of sulfonamides is 1. The number of methoxy groups -OCH3 is 1. The molecule has 2 aliphatic rings. The second-order valence-electron chi connectivity index (χ2n) is 5.96. The van der Waals surface area contributed by atoms with Gasteiger partial charge < -0.3 is 4.74 Å². The van der Waals surface area contributed by atoms with Crippen LogP contribution in [0.2, 0.25) is 0 Å². The smallest absolute Gasteiger partial charge is 0.240 e. The van der Waals surface area contributed by atoms with E-state index in [-0.39, 0.29) is 0 Å². The molecule has 0 heterocycles. The normalized spacial score (nSPS) is 28.8. The Balaban J connectivity index is 1.63. The Kier molecular flexibility index (Phi) is 3.73. The van der Waals surface area contributed by atoms with E-state index in [1.807, 2.05) is 0 Å². The Morgan fingerprint density at radius 3 is 2.50 bits per heavy atom. The average Bonchev–Trinajstić information content (AvgIpc) is 3.08. The lowest BCUT2D eigenvalue weighted by atomic mass is 9.89. The highest BCUT2D eigenvalue weighted by molar-refractivity contribution is 7.89. The Hall–Kier alpha value is -1.07. The van der Waals surface area contributed by atoms with Crippen molar-refractivity contribution in [3.8, 4) is 5.75 Å². The van der Waals surface area contributed by atoms with E-state index in [9.17, 15) is 8.42 Å². The number of hydrogen-bond donors (Lipinski definition) is 1. The number of rotatable bonds is 5. The Morgan fingerprint density at radius 2 is 1.95 bits per heavy atom. The molecule has 0 spiro atoms. The Labute approximate surface area is 120 Å². The number of benzene rings is 1. The van der Waals surface area contributed by atoms with Gasteiger partial charge in [0.2, 0.25) is 10.0 Å². The van der Waals surface area contributed by atoms with Crippen molar-refractivity contribution in [2.24, 2.45) is 17.8 Å². The van der Waals surface area contributed by atoms with Crippen LogP contribution >= 0.6 is 0 Å². The summed E-state index contributed by atoms with van der Waals surface area (Å²) in [5.41, 5.74) is 0. The second kappa shape index (κ2) is 5.37. The largest absolute Gasteiger partial charge is 0.497 e. The standard InChI is InChI=1S/C15H21NO3S/c1-19-14-4-6-15(7-5-14)20(17,18)16-10-13-9-11-2-3-12(13)8-11/h4-7,11-13,16H,2-3,8-10H2,1H3/t11-,12-,13-/m1/s1. The second-order valence-corrected chi connectivity index (χ2v) is 7.73. The number of fused-ring (bicyclic) bond motifs is 2. The van der Waals surface area contributed by atoms with E-state index in [0.29, 0.717) is 23.1 Å². The van der Waals surface area contributed by atoms with Gasteiger partial charge in [0, 0.05) is 6.54 Å². The van der Waals surface area contributed by atoms with Crippen LogP contribution in [0.25, 0.3) is 0 Å². The van der Waals surface area contributed by atoms with E-state index in [1.165, 1.54) is 25.7 Å². The molecule has 1 N–H and O–H groups in total. The van der Waals surface area contributed by atoms with Crippen molar-refractivity contribution in [3.05, 3.63) is 24.3 Å². The number of nitrogens with one attached hydrogen (secondary N) is 1. The molecule has 3 atom stereocenters. The molecule has 0 amide bonds. The molecule has 2 bridgehead atoms. The molecule has 4 nitrogen and oxygen atoms in total. The van der Waals surface area contributed by atoms with E-state index < -0.39 is 10.0 Å². The van der Waals surface area contributed by atoms with Gasteiger partial charge in [0.1, 0.15) is 5.75 Å². The zero-order valence-electron chi connectivity index (χ0n) is 11.7. The van der Waals surface area contributed by atoms with Gasteiger partial charge in [0.15, 0.2) is 0 Å². The molecule has 1 aromatic carbocycles. The van der Waals surface area contributed by atoms with Gasteiger partial charge in [0.05, 0.1) is 12.0 Å². The SMILES string of the molecule is COc1ccc(S(=O)(=O)NC[C@H]2C[C@@H]3CC[C@@H]2C3)cc1. The summed E-state index contributed by atoms with van der Waals surface area (Å²) >= 11 is 0. The van der Waals surface area contributed by atoms with Crippen molar-refractivity contribution >= 4 is 10.0 Å². The lowest BCUT2D eigenvalue weighted by Gasteiger charge is -2.21. The van der Waals surface area contributed by atoms with Gasteiger partial charge in [-0.25, -0.2) is 13.1 Å². The molecular weight excluding hydrogens is 274 g/mol. The van der Waals surface area contributed by atoms with E-state index in [4.69, 9.17) is 4.74 Å². The van der Waals surface area contributed by atoms with Crippen LogP contribution in [0.15, 0.2) is 29.2 Å². The minimum Gasteiger partial charge on any atom is -0.497 e. The van der Waals surface area contributed by atoms with Crippen LogP contribution in [-0.4, -0.2) is 22.1 Å². The molecule has 0 radical (unpaired) electrons. The van der Waals surface area contributed by atoms with Crippen molar-refractivity contribution in [1.82, 2.24) is 4.72 Å². The molecule has 5 heteroatoms. The topological polar surface area (TPSA) is 55.4 Å². The summed E-state index contributed by atoms with van der Waals surface area (Å²) in [6.45, 7) is 0.579. The monoisotopic (exact) mass is 295 g/mol. The fourth-order valence-electron chi connectivity index (χ4n) is 3.68. The summed E-state index contributed by atoms with van der Waals surface area (Å²) < 4.78 is 32.3. The summed E-state index contributed by atoms with van der Waals surface area (Å²) in [6.07, 6.45) is 5.11. The highest BCUT2D eigenvalue weighted by atomic mass is 32.2. The predicted octanol–water partition coefficient (Wildman–Crippen LogP) is 2.41. The summed E-state index contributed by atoms with van der Waals surface area (Å²) in [6, 6.07) is 6.52. The Morgan fingerprint density at radius 1 is 1.20 bits per heavy atom. The summed E-state index contributed by atoms with van der Waals surface area (Å²) in [5.74, 6) is 2.77. The molecule has 3 rings (SSSR count). The molecule has 1 aromatic rings. The van der Waals surface area contributed by atoms with Crippen LogP contribution in [0.3, 0.4) is 0 Å². The first-order valence-electron chi connectivity index (χ1n) is 7.22. The van der Waals surface area contributed by atoms with Crippen molar-refractivity contribution in [2.75, 3.05) is 13.7 Å². The molecule has 0 aromatic heterocycles. The molecule has 0 unspecified atom stereocenters. The number of ether oxygens (including phenoxy) is 1. The quantitative estimate of drug-likeness (QED) is 0.907. The van der Waals surface area contributed by atoms with Gasteiger partial charge in [-0.05, 0) is 61.3 Å². The fraction of sp³-hybridized carbons (Fsp3) is 0.600. The zero-order valence-corrected chi connectivity index (χ0v) is 12.5. The van der Waals surface area contributed by atoms with Crippen LogP contribution in [0.5, 0.6) is 5.75 Å². The molecule has 2 fully saturated rings. The predicted molar refractivity (Wildman–Crippen MR) is 77.1 cm³/mol. The van der Waals surface area contributed by atoms with Gasteiger partial charge in [-0.3, -0.25) is 0 Å². The fourth-order valence-corrected chi connectivity index (χ4v) is 4.78. The molecular formula is C15H21NO3S. The summed E-state index contributed by atoms with van der Waals surface area (Å²) in [7, 11) is -1.83. The van der Waals surface area contributed by atoms with Gasteiger partial charge in [-0.15, -0.1) is 0 Å². The van der Waals surface area contributed by atoms with Crippen molar-refractivity contribution < 1.29 is 13.2 Å². The maximum Gasteiger partial charge on any atom is 0.240 e. The molecule has 2 aliphatic carbocycles. The third-order valence-electron chi connectivity index (χ3n) is 4.79. The van der Waals surface area contributed by atoms with Crippen LogP contribution in [-0.2, 0) is 10.0 Å². The van der Waals surface area contributed by atoms with E-state index in [0.717, 1.165) is 11.8 Å². The van der Waals surface area contributed by atoms with E-state index >= 15 is 0 Å². The highest BCUT2D eigenvalue weighted by Crippen LogP contribution is 2.48. The van der Waals surface area contributed by atoms with Gasteiger partial charge in [-0.2, -0.15) is 0 Å². The maximum absolute atomic E-state index is 12.2. The molecule has 20 heavy (non-hydrogen) atoms. The van der Waals surface area contributed by atoms with Crippen LogP contribution in [0, 0.1) is 17.8 Å². The minimum absolute atomic E-state index is 0.307. The van der Waals surface area contributed by atoms with Crippen molar-refractivity contribution in [2.45, 2.75) is 30.6 Å². The summed E-state index contributed by atoms with van der Waals surface area (Å²) in [4.78, 5) is 0.307. The lowest BCUT2D eigenvalue weighted by Crippen LogP contribution is -2.31. The lowest BCUT2D eigenvalue weighted by molar-refractivity contribution is 0.333. The average molecular weight is 295 g/mol. The summed E-state index contributed by atoms with van der Waals surface area (Å²) in [5, 5.41) is 0. The van der Waals surface area contributed by atoms with Crippen LogP contribution in [0.4, 0.5) is 0 Å². The molecule has 0 saturated heterocycles. The third kappa shape index (κ3) is 2.69. The van der Waals surface area contributed by atoms with Gasteiger partial charge in [0.25, 0.3) is 0 Å². The van der Waals surface area contributed by atoms with Crippen LogP contribution in [0.1, 0.15) is 25.7 Å². The van der Waals surface area contributed by atoms with Crippen molar-refractivity contribution in [3.63, 3.8) is 0 Å². The first kappa shape index (κ1) is 13.9. The van der Waals surface area contributed by atoms with Gasteiger partial charge >= 0.3 is 0 Å². The van der Waals surface area contributed by atoms with Gasteiger partial charge in [-0.1, -0.05) is 6.42 Å². The number of hydrogen-bond acceptors (Lipinski definition) is 3. The third-order valence-corrected chi connectivity index (χ3v) is 6.23. The molecule has 0 aliphatic heterocycles. The first-order chi connectivity index (χ1) is 9.58. The highest BCUT2D eigenvalue weighted by Gasteiger charge is 2.39. The molecule has 110 valence electrons. The minimum atomic E-state index is -3.40. The maximum atomic E-state index is 12.2.